The first-order valence-electron chi connectivity index (χ1n) is 5.82. The third kappa shape index (κ3) is 3.19. The van der Waals surface area contributed by atoms with Gasteiger partial charge in [0, 0.05) is 18.7 Å². The summed E-state index contributed by atoms with van der Waals surface area (Å²) in [5, 5.41) is 12.2. The molecule has 1 amide bonds. The molecule has 6 heteroatoms. The molecule has 2 unspecified atom stereocenters. The fraction of sp³-hybridized carbons (Fsp3) is 0.909. The van der Waals surface area contributed by atoms with Crippen molar-refractivity contribution >= 4 is 15.7 Å². The van der Waals surface area contributed by atoms with E-state index in [9.17, 15) is 18.3 Å². The lowest BCUT2D eigenvalue weighted by molar-refractivity contribution is -0.123. The van der Waals surface area contributed by atoms with Crippen LogP contribution in [0.4, 0.5) is 0 Å². The second kappa shape index (κ2) is 4.94. The quantitative estimate of drug-likeness (QED) is 0.753. The number of hydrogen-bond donors (Lipinski definition) is 2. The van der Waals surface area contributed by atoms with Gasteiger partial charge in [0.1, 0.15) is 4.75 Å². The Morgan fingerprint density at radius 1 is 1.41 bits per heavy atom. The summed E-state index contributed by atoms with van der Waals surface area (Å²) in [4.78, 5) is 11.8. The van der Waals surface area contributed by atoms with E-state index in [1.165, 1.54) is 13.8 Å². The van der Waals surface area contributed by atoms with Gasteiger partial charge in [-0.2, -0.15) is 0 Å². The molecule has 2 atom stereocenters. The highest BCUT2D eigenvalue weighted by Crippen LogP contribution is 2.25. The van der Waals surface area contributed by atoms with E-state index in [2.05, 4.69) is 5.32 Å². The molecule has 17 heavy (non-hydrogen) atoms. The molecule has 0 bridgehead atoms. The van der Waals surface area contributed by atoms with Crippen LogP contribution in [0.5, 0.6) is 0 Å². The van der Waals surface area contributed by atoms with Crippen molar-refractivity contribution in [1.29, 1.82) is 0 Å². The smallest absolute Gasteiger partial charge is 0.240 e. The number of rotatable bonds is 4. The molecule has 1 aliphatic rings. The van der Waals surface area contributed by atoms with Crippen molar-refractivity contribution < 1.29 is 18.3 Å². The number of sulfone groups is 1. The fourth-order valence-corrected chi connectivity index (χ4v) is 2.27. The topological polar surface area (TPSA) is 83.5 Å². The van der Waals surface area contributed by atoms with Crippen LogP contribution in [0.25, 0.3) is 0 Å². The van der Waals surface area contributed by atoms with E-state index in [-0.39, 0.29) is 12.0 Å². The van der Waals surface area contributed by atoms with Gasteiger partial charge >= 0.3 is 0 Å². The van der Waals surface area contributed by atoms with Gasteiger partial charge in [0.2, 0.25) is 5.91 Å². The summed E-state index contributed by atoms with van der Waals surface area (Å²) in [6, 6.07) is 0. The van der Waals surface area contributed by atoms with Crippen molar-refractivity contribution in [2.24, 2.45) is 5.92 Å². The molecule has 0 aromatic heterocycles. The zero-order valence-corrected chi connectivity index (χ0v) is 11.4. The van der Waals surface area contributed by atoms with Crippen LogP contribution >= 0.6 is 0 Å². The zero-order valence-electron chi connectivity index (χ0n) is 10.6. The minimum Gasteiger partial charge on any atom is -0.393 e. The van der Waals surface area contributed by atoms with Crippen LogP contribution in [0, 0.1) is 5.92 Å². The number of hydrogen-bond acceptors (Lipinski definition) is 4. The summed E-state index contributed by atoms with van der Waals surface area (Å²) in [6.07, 6.45) is 3.27. The van der Waals surface area contributed by atoms with E-state index in [1.54, 1.807) is 0 Å². The Bertz CT molecular complexity index is 388. The lowest BCUT2D eigenvalue weighted by atomic mass is 10.1. The molecule has 1 rings (SSSR count). The van der Waals surface area contributed by atoms with Gasteiger partial charge in [-0.05, 0) is 26.7 Å². The zero-order chi connectivity index (χ0) is 13.3. The number of nitrogens with one attached hydrogen (secondary N) is 1. The Hall–Kier alpha value is -0.620. The Balaban J connectivity index is 2.56. The van der Waals surface area contributed by atoms with Crippen LogP contribution in [0.1, 0.15) is 33.1 Å². The number of aliphatic hydroxyl groups excluding tert-OH is 1. The average Bonchev–Trinajstić information content (AvgIpc) is 2.58. The Morgan fingerprint density at radius 3 is 2.41 bits per heavy atom. The van der Waals surface area contributed by atoms with Crippen LogP contribution < -0.4 is 5.32 Å². The molecule has 0 spiro atoms. The van der Waals surface area contributed by atoms with Crippen molar-refractivity contribution in [1.82, 2.24) is 5.32 Å². The largest absolute Gasteiger partial charge is 0.393 e. The van der Waals surface area contributed by atoms with Crippen LogP contribution in [0.2, 0.25) is 0 Å². The van der Waals surface area contributed by atoms with E-state index in [4.69, 9.17) is 0 Å². The van der Waals surface area contributed by atoms with Gasteiger partial charge in [0.05, 0.1) is 6.10 Å². The molecule has 0 radical (unpaired) electrons. The molecular formula is C11H21NO4S. The molecule has 1 fully saturated rings. The van der Waals surface area contributed by atoms with Gasteiger partial charge in [-0.1, -0.05) is 6.42 Å². The normalized spacial score (nSPS) is 25.9. The molecule has 0 aromatic rings. The highest BCUT2D eigenvalue weighted by Gasteiger charge is 2.38. The molecular weight excluding hydrogens is 242 g/mol. The van der Waals surface area contributed by atoms with Crippen LogP contribution in [0.3, 0.4) is 0 Å². The average molecular weight is 263 g/mol. The minimum absolute atomic E-state index is 0.0503. The second-order valence-corrected chi connectivity index (χ2v) is 7.82. The first-order chi connectivity index (χ1) is 7.66. The van der Waals surface area contributed by atoms with Crippen molar-refractivity contribution in [3.05, 3.63) is 0 Å². The Labute approximate surface area is 103 Å². The second-order valence-electron chi connectivity index (χ2n) is 5.25. The van der Waals surface area contributed by atoms with Gasteiger partial charge in [-0.15, -0.1) is 0 Å². The standard InChI is InChI=1S/C11H21NO4S/c1-11(2,17(3,15)16)10(14)12-7-8-5-4-6-9(8)13/h8-9,13H,4-7H2,1-3H3,(H,12,14). The fourth-order valence-electron chi connectivity index (χ4n) is 1.86. The first-order valence-corrected chi connectivity index (χ1v) is 7.71. The van der Waals surface area contributed by atoms with E-state index in [0.717, 1.165) is 25.5 Å². The van der Waals surface area contributed by atoms with E-state index in [0.29, 0.717) is 6.54 Å². The Kier molecular flexibility index (Phi) is 4.19. The third-order valence-electron chi connectivity index (χ3n) is 3.62. The molecule has 2 N–H and O–H groups in total. The molecule has 0 aliphatic heterocycles. The summed E-state index contributed by atoms with van der Waals surface area (Å²) in [7, 11) is -3.44. The van der Waals surface area contributed by atoms with Crippen molar-refractivity contribution in [3.8, 4) is 0 Å². The predicted molar refractivity (Wildman–Crippen MR) is 65.3 cm³/mol. The van der Waals surface area contributed by atoms with Crippen molar-refractivity contribution in [2.45, 2.75) is 44.0 Å². The van der Waals surface area contributed by atoms with Crippen LogP contribution in [0.15, 0.2) is 0 Å². The first kappa shape index (κ1) is 14.4. The summed E-state index contributed by atoms with van der Waals surface area (Å²) in [6.45, 7) is 3.13. The maximum absolute atomic E-state index is 11.8. The molecule has 0 aromatic carbocycles. The summed E-state index contributed by atoms with van der Waals surface area (Å²) < 4.78 is 21.5. The molecule has 5 nitrogen and oxygen atoms in total. The molecule has 100 valence electrons. The van der Waals surface area contributed by atoms with Gasteiger partial charge < -0.3 is 10.4 Å². The van der Waals surface area contributed by atoms with Crippen LogP contribution in [-0.4, -0.2) is 43.1 Å². The Morgan fingerprint density at radius 2 is 2.00 bits per heavy atom. The van der Waals surface area contributed by atoms with E-state index in [1.807, 2.05) is 0 Å². The van der Waals surface area contributed by atoms with Gasteiger partial charge in [-0.25, -0.2) is 8.42 Å². The maximum Gasteiger partial charge on any atom is 0.240 e. The molecule has 0 heterocycles. The summed E-state index contributed by atoms with van der Waals surface area (Å²) in [5.74, 6) is -0.451. The van der Waals surface area contributed by atoms with Gasteiger partial charge in [0.25, 0.3) is 0 Å². The maximum atomic E-state index is 11.8. The summed E-state index contributed by atoms with van der Waals surface area (Å²) in [5.41, 5.74) is 0. The third-order valence-corrected chi connectivity index (χ3v) is 5.66. The monoisotopic (exact) mass is 263 g/mol. The molecule has 0 saturated heterocycles. The predicted octanol–water partition coefficient (Wildman–Crippen LogP) is 0.0868. The SMILES string of the molecule is CC(C)(C(=O)NCC1CCCC1O)S(C)(=O)=O. The van der Waals surface area contributed by atoms with E-state index >= 15 is 0 Å². The van der Waals surface area contributed by atoms with Gasteiger partial charge in [-0.3, -0.25) is 4.79 Å². The van der Waals surface area contributed by atoms with Crippen molar-refractivity contribution in [2.75, 3.05) is 12.8 Å². The number of aliphatic hydroxyl groups is 1. The highest BCUT2D eigenvalue weighted by molar-refractivity contribution is 7.92. The summed E-state index contributed by atoms with van der Waals surface area (Å²) >= 11 is 0. The lowest BCUT2D eigenvalue weighted by Crippen LogP contribution is -2.49. The van der Waals surface area contributed by atoms with Gasteiger partial charge in [0.15, 0.2) is 9.84 Å². The van der Waals surface area contributed by atoms with E-state index < -0.39 is 20.5 Å². The number of carbonyl (C=O) groups excluding carboxylic acids is 1. The van der Waals surface area contributed by atoms with Crippen LogP contribution in [-0.2, 0) is 14.6 Å². The minimum atomic E-state index is -3.44. The molecule has 1 saturated carbocycles. The lowest BCUT2D eigenvalue weighted by Gasteiger charge is -2.23. The number of amides is 1. The number of carbonyl (C=O) groups is 1. The van der Waals surface area contributed by atoms with Crippen molar-refractivity contribution in [3.63, 3.8) is 0 Å². The molecule has 1 aliphatic carbocycles. The highest BCUT2D eigenvalue weighted by atomic mass is 32.2.